The highest BCUT2D eigenvalue weighted by Crippen LogP contribution is 2.45. The molecule has 2 aliphatic rings. The van der Waals surface area contributed by atoms with Gasteiger partial charge in [-0.05, 0) is 25.7 Å². The van der Waals surface area contributed by atoms with Gasteiger partial charge >= 0.3 is 17.9 Å². The van der Waals surface area contributed by atoms with Crippen LogP contribution in [0.25, 0.3) is 0 Å². The van der Waals surface area contributed by atoms with Crippen molar-refractivity contribution in [2.75, 3.05) is 25.5 Å². The Labute approximate surface area is 277 Å². The number of aliphatic imine (C=N–C) groups is 1. The van der Waals surface area contributed by atoms with Gasteiger partial charge in [0.25, 0.3) is 5.91 Å². The molecule has 1 fully saturated rings. The number of nitrogens with one attached hydrogen (secondary N) is 3. The van der Waals surface area contributed by atoms with Gasteiger partial charge < -0.3 is 64.0 Å². The zero-order valence-electron chi connectivity index (χ0n) is 25.7. The Morgan fingerprint density at radius 3 is 2.40 bits per heavy atom. The van der Waals surface area contributed by atoms with Crippen LogP contribution >= 0.6 is 11.8 Å². The van der Waals surface area contributed by atoms with Crippen LogP contribution in [0.4, 0.5) is 0 Å². The summed E-state index contributed by atoms with van der Waals surface area (Å²) in [5.74, 6) is -6.58. The number of carbonyl (C=O) groups excluding carboxylic acids is 5. The fourth-order valence-electron chi connectivity index (χ4n) is 4.79. The lowest BCUT2D eigenvalue weighted by molar-refractivity contribution is -0.162. The first kappa shape index (κ1) is 39.7. The first-order valence-corrected chi connectivity index (χ1v) is 15.6. The van der Waals surface area contributed by atoms with Crippen molar-refractivity contribution in [2.24, 2.45) is 27.9 Å². The zero-order valence-corrected chi connectivity index (χ0v) is 26.5. The minimum Gasteiger partial charge on any atom is -0.480 e. The molecule has 2 heterocycles. The Kier molecular flexibility index (Phi) is 15.0. The van der Waals surface area contributed by atoms with Gasteiger partial charge in [-0.25, -0.2) is 4.79 Å². The maximum absolute atomic E-state index is 13.3. The lowest BCUT2D eigenvalue weighted by Gasteiger charge is -2.56. The van der Waals surface area contributed by atoms with Crippen molar-refractivity contribution < 1.29 is 58.7 Å². The van der Waals surface area contributed by atoms with E-state index in [1.807, 2.05) is 0 Å². The number of β-lactam (4-membered cyclic amide) rings is 1. The standard InChI is InChI=1S/C26H41N9O12S/c27-13(21(42)43)3-1-5-17(39)34-26(32-11-37)23(46)35-19(22(44)45)12(10-48-24(26)35)9-47-18(40)7-16(38)15(4-2-6-31-25(29)30)33-20(41)14(28)8-36/h11,13-16,24,36,38H,1-10,27-28H2,(H,32,37)(H,33,41)(H,34,39)(H,42,43)(H,44,45)(H4,29,30,31)/t13-,14+,15+,16-,24?,26-/m1/s1. The Balaban J connectivity index is 2.11. The van der Waals surface area contributed by atoms with E-state index >= 15 is 0 Å². The molecule has 22 heteroatoms. The molecule has 0 bridgehead atoms. The van der Waals surface area contributed by atoms with E-state index in [2.05, 4.69) is 20.9 Å². The number of carbonyl (C=O) groups is 7. The average molecular weight is 704 g/mol. The van der Waals surface area contributed by atoms with E-state index in [1.165, 1.54) is 0 Å². The Hall–Kier alpha value is -4.51. The van der Waals surface area contributed by atoms with Gasteiger partial charge in [0.2, 0.25) is 23.9 Å². The Bertz CT molecular complexity index is 1310. The lowest BCUT2D eigenvalue weighted by atomic mass is 9.94. The van der Waals surface area contributed by atoms with Crippen LogP contribution in [0, 0.1) is 0 Å². The number of aliphatic hydroxyl groups is 2. The summed E-state index contributed by atoms with van der Waals surface area (Å²) >= 11 is 0.964. The molecule has 1 saturated heterocycles. The molecule has 2 aliphatic heterocycles. The smallest absolute Gasteiger partial charge is 0.352 e. The van der Waals surface area contributed by atoms with Crippen molar-refractivity contribution in [3.8, 4) is 0 Å². The number of carboxylic acids is 2. The molecule has 0 spiro atoms. The largest absolute Gasteiger partial charge is 0.480 e. The quantitative estimate of drug-likeness (QED) is 0.0101. The summed E-state index contributed by atoms with van der Waals surface area (Å²) < 4.78 is 5.20. The molecule has 4 amide bonds. The maximum Gasteiger partial charge on any atom is 0.352 e. The minimum absolute atomic E-state index is 0.00429. The highest BCUT2D eigenvalue weighted by Gasteiger charge is 2.66. The third kappa shape index (κ3) is 10.2. The van der Waals surface area contributed by atoms with Gasteiger partial charge in [-0.15, -0.1) is 11.8 Å². The number of fused-ring (bicyclic) bond motifs is 1. The first-order chi connectivity index (χ1) is 22.6. The topological polar surface area (TPSA) is 365 Å². The van der Waals surface area contributed by atoms with Crippen LogP contribution in [0.1, 0.15) is 38.5 Å². The van der Waals surface area contributed by atoms with Crippen LogP contribution in [-0.4, -0.2) is 134 Å². The molecule has 0 saturated carbocycles. The third-order valence-corrected chi connectivity index (χ3v) is 8.69. The number of nitrogens with zero attached hydrogens (tertiary/aromatic N) is 2. The lowest BCUT2D eigenvalue weighted by Crippen LogP contribution is -2.85. The molecular formula is C26H41N9O12S. The second kappa shape index (κ2) is 18.1. The van der Waals surface area contributed by atoms with Crippen LogP contribution in [0.15, 0.2) is 16.3 Å². The SMILES string of the molecule is NC(N)=NCCC[C@H](NC(=O)[C@@H](N)CO)[C@H](O)CC(=O)OCC1=C(C(=O)O)N2C(=O)[C@@](NC=O)(NC(=O)CCC[C@@H](N)C(=O)O)C2SC1. The van der Waals surface area contributed by atoms with Crippen molar-refractivity contribution >= 4 is 59.8 Å². The molecule has 0 aliphatic carbocycles. The minimum atomic E-state index is -2.00. The molecule has 21 nitrogen and oxygen atoms in total. The molecule has 48 heavy (non-hydrogen) atoms. The predicted octanol–water partition coefficient (Wildman–Crippen LogP) is -5.47. The zero-order chi connectivity index (χ0) is 36.2. The van der Waals surface area contributed by atoms with Gasteiger partial charge in [0.05, 0.1) is 25.2 Å². The van der Waals surface area contributed by atoms with Crippen LogP contribution in [0.3, 0.4) is 0 Å². The molecular weight excluding hydrogens is 662 g/mol. The summed E-state index contributed by atoms with van der Waals surface area (Å²) in [6.07, 6.45) is -1.83. The molecule has 1 unspecified atom stereocenters. The van der Waals surface area contributed by atoms with E-state index in [9.17, 15) is 43.8 Å². The van der Waals surface area contributed by atoms with Crippen LogP contribution in [0.2, 0.25) is 0 Å². The number of hydrogen-bond acceptors (Lipinski definition) is 14. The van der Waals surface area contributed by atoms with Crippen molar-refractivity contribution in [1.29, 1.82) is 0 Å². The molecule has 2 rings (SSSR count). The van der Waals surface area contributed by atoms with Crippen LogP contribution < -0.4 is 38.9 Å². The number of amides is 4. The fourth-order valence-corrected chi connectivity index (χ4v) is 6.20. The maximum atomic E-state index is 13.3. The van der Waals surface area contributed by atoms with E-state index in [4.69, 9.17) is 37.9 Å². The Morgan fingerprint density at radius 2 is 1.81 bits per heavy atom. The molecule has 6 atom stereocenters. The van der Waals surface area contributed by atoms with Gasteiger partial charge in [-0.1, -0.05) is 0 Å². The van der Waals surface area contributed by atoms with Crippen LogP contribution in [0.5, 0.6) is 0 Å². The van der Waals surface area contributed by atoms with Gasteiger partial charge in [0, 0.05) is 24.3 Å². The van der Waals surface area contributed by atoms with Crippen molar-refractivity contribution in [2.45, 2.75) is 73.8 Å². The van der Waals surface area contributed by atoms with Gasteiger partial charge in [-0.2, -0.15) is 0 Å². The molecule has 15 N–H and O–H groups in total. The first-order valence-electron chi connectivity index (χ1n) is 14.6. The number of aliphatic carboxylic acids is 2. The van der Waals surface area contributed by atoms with E-state index < -0.39 is 96.2 Å². The summed E-state index contributed by atoms with van der Waals surface area (Å²) in [6.45, 7) is -1.13. The van der Waals surface area contributed by atoms with E-state index in [0.717, 1.165) is 16.7 Å². The second-order valence-corrected chi connectivity index (χ2v) is 11.9. The number of nitrogens with two attached hydrogens (primary N) is 4. The van der Waals surface area contributed by atoms with E-state index in [1.54, 1.807) is 0 Å². The van der Waals surface area contributed by atoms with Crippen molar-refractivity contribution in [1.82, 2.24) is 20.9 Å². The molecule has 0 radical (unpaired) electrons. The summed E-state index contributed by atoms with van der Waals surface area (Å²) in [6, 6.07) is -3.52. The number of esters is 1. The monoisotopic (exact) mass is 703 g/mol. The Morgan fingerprint density at radius 1 is 1.12 bits per heavy atom. The molecule has 0 aromatic heterocycles. The number of hydrogen-bond donors (Lipinski definition) is 11. The summed E-state index contributed by atoms with van der Waals surface area (Å²) in [5, 5.41) is 44.7. The molecule has 0 aromatic carbocycles. The number of thioether (sulfide) groups is 1. The average Bonchev–Trinajstić information content (AvgIpc) is 3.03. The van der Waals surface area contributed by atoms with Gasteiger partial charge in [0.15, 0.2) is 5.96 Å². The third-order valence-electron chi connectivity index (χ3n) is 7.29. The highest BCUT2D eigenvalue weighted by atomic mass is 32.2. The van der Waals surface area contributed by atoms with Crippen molar-refractivity contribution in [3.63, 3.8) is 0 Å². The van der Waals surface area contributed by atoms with Crippen molar-refractivity contribution in [3.05, 3.63) is 11.3 Å². The number of ether oxygens (including phenoxy) is 1. The second-order valence-electron chi connectivity index (χ2n) is 10.8. The van der Waals surface area contributed by atoms with Crippen LogP contribution in [-0.2, 0) is 38.3 Å². The predicted molar refractivity (Wildman–Crippen MR) is 166 cm³/mol. The van der Waals surface area contributed by atoms with Gasteiger partial charge in [-0.3, -0.25) is 38.7 Å². The summed E-state index contributed by atoms with van der Waals surface area (Å²) in [4.78, 5) is 89.9. The normalized spacial score (nSPS) is 21.0. The summed E-state index contributed by atoms with van der Waals surface area (Å²) in [5.41, 5.74) is 19.0. The van der Waals surface area contributed by atoms with Gasteiger partial charge in [0.1, 0.15) is 29.8 Å². The number of guanidine groups is 1. The van der Waals surface area contributed by atoms with E-state index in [0.29, 0.717) is 0 Å². The number of aliphatic hydroxyl groups excluding tert-OH is 2. The number of rotatable bonds is 21. The molecule has 268 valence electrons. The van der Waals surface area contributed by atoms with E-state index in [-0.39, 0.29) is 62.3 Å². The summed E-state index contributed by atoms with van der Waals surface area (Å²) in [7, 11) is 0. The highest BCUT2D eigenvalue weighted by molar-refractivity contribution is 8.00. The molecule has 0 aromatic rings. The fraction of sp³-hybridized carbons (Fsp3) is 0.615. The number of carboxylic acid groups (broad SMARTS) is 2.